The van der Waals surface area contributed by atoms with Gasteiger partial charge in [0.2, 0.25) is 0 Å². The number of nitrogens with one attached hydrogen (secondary N) is 2. The number of hydrogen-bond donors (Lipinski definition) is 3. The Hall–Kier alpha value is -2.60. The maximum absolute atomic E-state index is 12.3. The number of aromatic nitrogens is 1. The van der Waals surface area contributed by atoms with Gasteiger partial charge in [-0.25, -0.2) is 10.8 Å². The van der Waals surface area contributed by atoms with Crippen molar-refractivity contribution in [1.29, 1.82) is 0 Å². The molecule has 1 aliphatic rings. The molecule has 1 aromatic carbocycles. The Labute approximate surface area is 122 Å². The molecule has 0 aliphatic carbocycles. The zero-order valence-corrected chi connectivity index (χ0v) is 11.4. The number of hydrogen-bond acceptors (Lipinski definition) is 5. The minimum atomic E-state index is -0.157. The minimum Gasteiger partial charge on any atom is -0.493 e. The Morgan fingerprint density at radius 3 is 3.05 bits per heavy atom. The Balaban J connectivity index is 1.79. The predicted molar refractivity (Wildman–Crippen MR) is 78.8 cm³/mol. The van der Waals surface area contributed by atoms with Crippen molar-refractivity contribution in [3.05, 3.63) is 53.7 Å². The second-order valence-corrected chi connectivity index (χ2v) is 4.78. The third-order valence-corrected chi connectivity index (χ3v) is 3.43. The number of hydrazine groups is 1. The van der Waals surface area contributed by atoms with Crippen LogP contribution in [0.3, 0.4) is 0 Å². The second-order valence-electron chi connectivity index (χ2n) is 4.78. The number of nitrogen functional groups attached to an aromatic ring is 1. The van der Waals surface area contributed by atoms with Crippen LogP contribution in [0.25, 0.3) is 0 Å². The SMILES string of the molecule is NNc1cc(C(=O)NC2CCOc3ccccc32)ccn1. The van der Waals surface area contributed by atoms with Crippen molar-refractivity contribution in [3.63, 3.8) is 0 Å². The number of pyridine rings is 1. The zero-order chi connectivity index (χ0) is 14.7. The summed E-state index contributed by atoms with van der Waals surface area (Å²) in [6.45, 7) is 0.591. The van der Waals surface area contributed by atoms with E-state index in [0.717, 1.165) is 17.7 Å². The molecule has 1 unspecified atom stereocenters. The fourth-order valence-corrected chi connectivity index (χ4v) is 2.38. The van der Waals surface area contributed by atoms with Crippen LogP contribution in [-0.4, -0.2) is 17.5 Å². The first kappa shape index (κ1) is 13.4. The summed E-state index contributed by atoms with van der Waals surface area (Å²) >= 11 is 0. The van der Waals surface area contributed by atoms with E-state index in [9.17, 15) is 4.79 Å². The van der Waals surface area contributed by atoms with E-state index in [1.165, 1.54) is 0 Å². The summed E-state index contributed by atoms with van der Waals surface area (Å²) in [7, 11) is 0. The molecule has 3 rings (SSSR count). The number of nitrogens with zero attached hydrogens (tertiary/aromatic N) is 1. The predicted octanol–water partition coefficient (Wildman–Crippen LogP) is 1.62. The van der Waals surface area contributed by atoms with Crippen molar-refractivity contribution in [2.45, 2.75) is 12.5 Å². The van der Waals surface area contributed by atoms with Crippen LogP contribution in [0, 0.1) is 0 Å². The lowest BCUT2D eigenvalue weighted by atomic mass is 10.0. The molecule has 6 heteroatoms. The second kappa shape index (κ2) is 5.80. The van der Waals surface area contributed by atoms with Gasteiger partial charge in [-0.3, -0.25) is 4.79 Å². The van der Waals surface area contributed by atoms with Crippen molar-refractivity contribution < 1.29 is 9.53 Å². The van der Waals surface area contributed by atoms with Crippen LogP contribution in [0.4, 0.5) is 5.82 Å². The van der Waals surface area contributed by atoms with Gasteiger partial charge in [0.15, 0.2) is 0 Å². The van der Waals surface area contributed by atoms with Gasteiger partial charge in [0.25, 0.3) is 5.91 Å². The first-order chi connectivity index (χ1) is 10.3. The van der Waals surface area contributed by atoms with E-state index in [2.05, 4.69) is 15.7 Å². The molecule has 0 spiro atoms. The Bertz CT molecular complexity index is 660. The van der Waals surface area contributed by atoms with Crippen LogP contribution in [0.5, 0.6) is 5.75 Å². The average molecular weight is 284 g/mol. The summed E-state index contributed by atoms with van der Waals surface area (Å²) < 4.78 is 5.59. The number of nitrogens with two attached hydrogens (primary N) is 1. The van der Waals surface area contributed by atoms with Gasteiger partial charge in [0.1, 0.15) is 11.6 Å². The fourth-order valence-electron chi connectivity index (χ4n) is 2.38. The van der Waals surface area contributed by atoms with Crippen molar-refractivity contribution in [1.82, 2.24) is 10.3 Å². The molecule has 0 radical (unpaired) electrons. The number of amides is 1. The van der Waals surface area contributed by atoms with Crippen LogP contribution in [0.15, 0.2) is 42.6 Å². The van der Waals surface area contributed by atoms with Gasteiger partial charge in [-0.1, -0.05) is 18.2 Å². The number of fused-ring (bicyclic) bond motifs is 1. The van der Waals surface area contributed by atoms with E-state index < -0.39 is 0 Å². The number of ether oxygens (including phenoxy) is 1. The highest BCUT2D eigenvalue weighted by Crippen LogP contribution is 2.31. The minimum absolute atomic E-state index is 0.0510. The summed E-state index contributed by atoms with van der Waals surface area (Å²) in [5.74, 6) is 6.43. The van der Waals surface area contributed by atoms with Crippen LogP contribution in [-0.2, 0) is 0 Å². The Kier molecular flexibility index (Phi) is 3.70. The average Bonchev–Trinajstić information content (AvgIpc) is 2.55. The molecule has 2 aromatic rings. The van der Waals surface area contributed by atoms with Crippen LogP contribution in [0.1, 0.15) is 28.4 Å². The van der Waals surface area contributed by atoms with Crippen molar-refractivity contribution in [2.75, 3.05) is 12.0 Å². The molecule has 2 heterocycles. The molecular weight excluding hydrogens is 268 g/mol. The van der Waals surface area contributed by atoms with Crippen molar-refractivity contribution in [2.24, 2.45) is 5.84 Å². The molecule has 6 nitrogen and oxygen atoms in total. The molecule has 0 fully saturated rings. The lowest BCUT2D eigenvalue weighted by Gasteiger charge is -2.26. The van der Waals surface area contributed by atoms with Gasteiger partial charge in [0, 0.05) is 23.7 Å². The zero-order valence-electron chi connectivity index (χ0n) is 11.4. The maximum Gasteiger partial charge on any atom is 0.251 e. The number of para-hydroxylation sites is 1. The molecule has 4 N–H and O–H groups in total. The smallest absolute Gasteiger partial charge is 0.251 e. The Morgan fingerprint density at radius 2 is 2.19 bits per heavy atom. The summed E-state index contributed by atoms with van der Waals surface area (Å²) in [6, 6.07) is 11.0. The topological polar surface area (TPSA) is 89.3 Å². The molecule has 108 valence electrons. The molecule has 1 aromatic heterocycles. The van der Waals surface area contributed by atoms with Crippen molar-refractivity contribution >= 4 is 11.7 Å². The Morgan fingerprint density at radius 1 is 1.33 bits per heavy atom. The number of rotatable bonds is 3. The number of carbonyl (C=O) groups excluding carboxylic acids is 1. The molecule has 1 amide bonds. The number of carbonyl (C=O) groups is 1. The molecule has 0 saturated heterocycles. The van der Waals surface area contributed by atoms with Gasteiger partial charge in [-0.2, -0.15) is 0 Å². The van der Waals surface area contributed by atoms with E-state index in [0.29, 0.717) is 18.0 Å². The fraction of sp³-hybridized carbons (Fsp3) is 0.200. The summed E-state index contributed by atoms with van der Waals surface area (Å²) in [4.78, 5) is 16.3. The van der Waals surface area contributed by atoms with E-state index in [1.54, 1.807) is 18.3 Å². The quantitative estimate of drug-likeness (QED) is 0.588. The summed E-state index contributed by atoms with van der Waals surface area (Å²) in [5.41, 5.74) is 3.95. The van der Waals surface area contributed by atoms with Crippen LogP contribution < -0.4 is 21.3 Å². The normalized spacial score (nSPS) is 16.5. The van der Waals surface area contributed by atoms with Crippen LogP contribution >= 0.6 is 0 Å². The monoisotopic (exact) mass is 284 g/mol. The van der Waals surface area contributed by atoms with E-state index >= 15 is 0 Å². The first-order valence-corrected chi connectivity index (χ1v) is 6.73. The largest absolute Gasteiger partial charge is 0.493 e. The van der Waals surface area contributed by atoms with Gasteiger partial charge in [-0.05, 0) is 18.2 Å². The standard InChI is InChI=1S/C15H16N4O2/c16-19-14-9-10(5-7-17-14)15(20)18-12-6-8-21-13-4-2-1-3-11(12)13/h1-5,7,9,12H,6,8,16H2,(H,17,19)(H,18,20). The lowest BCUT2D eigenvalue weighted by molar-refractivity contribution is 0.0924. The highest BCUT2D eigenvalue weighted by Gasteiger charge is 2.23. The molecule has 1 atom stereocenters. The third kappa shape index (κ3) is 2.80. The lowest BCUT2D eigenvalue weighted by Crippen LogP contribution is -2.32. The van der Waals surface area contributed by atoms with Crippen LogP contribution in [0.2, 0.25) is 0 Å². The molecule has 1 aliphatic heterocycles. The summed E-state index contributed by atoms with van der Waals surface area (Å²) in [6.07, 6.45) is 2.29. The molecular formula is C15H16N4O2. The van der Waals surface area contributed by atoms with E-state index in [-0.39, 0.29) is 11.9 Å². The third-order valence-electron chi connectivity index (χ3n) is 3.43. The summed E-state index contributed by atoms with van der Waals surface area (Å²) in [5, 5.41) is 3.03. The highest BCUT2D eigenvalue weighted by atomic mass is 16.5. The van der Waals surface area contributed by atoms with Gasteiger partial charge in [0.05, 0.1) is 12.6 Å². The maximum atomic E-state index is 12.3. The van der Waals surface area contributed by atoms with Gasteiger partial charge >= 0.3 is 0 Å². The number of benzene rings is 1. The first-order valence-electron chi connectivity index (χ1n) is 6.73. The molecule has 0 saturated carbocycles. The van der Waals surface area contributed by atoms with Gasteiger partial charge in [-0.15, -0.1) is 0 Å². The molecule has 0 bridgehead atoms. The highest BCUT2D eigenvalue weighted by molar-refractivity contribution is 5.95. The number of anilines is 1. The van der Waals surface area contributed by atoms with Gasteiger partial charge < -0.3 is 15.5 Å². The van der Waals surface area contributed by atoms with E-state index in [1.807, 2.05) is 24.3 Å². The van der Waals surface area contributed by atoms with E-state index in [4.69, 9.17) is 10.6 Å². The molecule has 21 heavy (non-hydrogen) atoms. The van der Waals surface area contributed by atoms with Crippen molar-refractivity contribution in [3.8, 4) is 5.75 Å².